The van der Waals surface area contributed by atoms with E-state index in [1.807, 2.05) is 12.3 Å². The topological polar surface area (TPSA) is 37.8 Å². The predicted octanol–water partition coefficient (Wildman–Crippen LogP) is 3.85. The number of halogens is 1. The highest BCUT2D eigenvalue weighted by Crippen LogP contribution is 2.36. The average Bonchev–Trinajstić information content (AvgIpc) is 3.12. The Morgan fingerprint density at radius 2 is 1.88 bits per heavy atom. The highest BCUT2D eigenvalue weighted by molar-refractivity contribution is 9.10. The van der Waals surface area contributed by atoms with Gasteiger partial charge in [0.25, 0.3) is 0 Å². The fourth-order valence-electron chi connectivity index (χ4n) is 3.64. The summed E-state index contributed by atoms with van der Waals surface area (Å²) in [6.45, 7) is 6.63. The summed E-state index contributed by atoms with van der Waals surface area (Å²) in [4.78, 5) is 9.44. The summed E-state index contributed by atoms with van der Waals surface area (Å²) in [5.41, 5.74) is 1.31. The number of hydrogen-bond acceptors (Lipinski definition) is 5. The Morgan fingerprint density at radius 1 is 1.08 bits per heavy atom. The molecule has 0 unspecified atom stereocenters. The maximum atomic E-state index is 5.54. The van der Waals surface area contributed by atoms with Crippen LogP contribution in [-0.2, 0) is 0 Å². The summed E-state index contributed by atoms with van der Waals surface area (Å²) in [5.74, 6) is 2.78. The van der Waals surface area contributed by atoms with Crippen LogP contribution in [0.2, 0.25) is 0 Å². The van der Waals surface area contributed by atoms with Crippen molar-refractivity contribution in [3.8, 4) is 11.5 Å². The molecule has 4 rings (SSSR count). The van der Waals surface area contributed by atoms with Crippen LogP contribution in [0.5, 0.6) is 11.5 Å². The van der Waals surface area contributed by atoms with Crippen molar-refractivity contribution in [2.75, 3.05) is 37.9 Å². The largest absolute Gasteiger partial charge is 0.454 e. The van der Waals surface area contributed by atoms with Gasteiger partial charge in [0.15, 0.2) is 11.5 Å². The Labute approximate surface area is 156 Å². The van der Waals surface area contributed by atoms with E-state index in [0.29, 0.717) is 12.8 Å². The molecule has 1 fully saturated rings. The van der Waals surface area contributed by atoms with Crippen molar-refractivity contribution in [1.29, 1.82) is 0 Å². The molecule has 2 aromatic rings. The Hall–Kier alpha value is -1.79. The Bertz CT molecular complexity index is 730. The predicted molar refractivity (Wildman–Crippen MR) is 101 cm³/mol. The standard InChI is InChI=1S/C19H22BrN3O2/c1-2-16(14-3-5-17-18(11-14)25-13-24-17)22-7-9-23(10-8-22)19-6-4-15(20)12-21-19/h3-6,11-12,16H,2,7-10,13H2,1H3/t16-/m0/s1. The molecule has 0 aliphatic carbocycles. The van der Waals surface area contributed by atoms with Crippen molar-refractivity contribution >= 4 is 21.7 Å². The highest BCUT2D eigenvalue weighted by atomic mass is 79.9. The van der Waals surface area contributed by atoms with Crippen LogP contribution in [0.1, 0.15) is 24.9 Å². The van der Waals surface area contributed by atoms with Crippen molar-refractivity contribution in [2.45, 2.75) is 19.4 Å². The van der Waals surface area contributed by atoms with E-state index in [1.54, 1.807) is 0 Å². The first-order chi connectivity index (χ1) is 12.2. The van der Waals surface area contributed by atoms with E-state index in [0.717, 1.165) is 54.4 Å². The van der Waals surface area contributed by atoms with Crippen molar-refractivity contribution in [1.82, 2.24) is 9.88 Å². The van der Waals surface area contributed by atoms with Gasteiger partial charge in [-0.2, -0.15) is 0 Å². The van der Waals surface area contributed by atoms with Gasteiger partial charge in [-0.05, 0) is 52.2 Å². The summed E-state index contributed by atoms with van der Waals surface area (Å²) in [7, 11) is 0. The third-order valence-corrected chi connectivity index (χ3v) is 5.43. The SMILES string of the molecule is CC[C@@H](c1ccc2c(c1)OCO2)N1CCN(c2ccc(Br)cn2)CC1. The van der Waals surface area contributed by atoms with Crippen LogP contribution in [0.4, 0.5) is 5.82 Å². The van der Waals surface area contributed by atoms with E-state index in [-0.39, 0.29) is 0 Å². The van der Waals surface area contributed by atoms with Gasteiger partial charge >= 0.3 is 0 Å². The molecule has 5 nitrogen and oxygen atoms in total. The van der Waals surface area contributed by atoms with Gasteiger partial charge in [0.1, 0.15) is 5.82 Å². The Morgan fingerprint density at radius 3 is 2.60 bits per heavy atom. The minimum atomic E-state index is 0.328. The van der Waals surface area contributed by atoms with Gasteiger partial charge in [0.2, 0.25) is 6.79 Å². The third kappa shape index (κ3) is 3.46. The van der Waals surface area contributed by atoms with E-state index in [2.05, 4.69) is 61.9 Å². The minimum Gasteiger partial charge on any atom is -0.454 e. The van der Waals surface area contributed by atoms with E-state index >= 15 is 0 Å². The quantitative estimate of drug-likeness (QED) is 0.774. The molecular weight excluding hydrogens is 382 g/mol. The summed E-state index contributed by atoms with van der Waals surface area (Å²) in [5, 5.41) is 0. The van der Waals surface area contributed by atoms with Gasteiger partial charge in [0, 0.05) is 42.9 Å². The average molecular weight is 404 g/mol. The van der Waals surface area contributed by atoms with Crippen LogP contribution in [0, 0.1) is 0 Å². The van der Waals surface area contributed by atoms with Crippen LogP contribution in [-0.4, -0.2) is 42.9 Å². The van der Waals surface area contributed by atoms with E-state index in [1.165, 1.54) is 5.56 Å². The van der Waals surface area contributed by atoms with Crippen molar-refractivity contribution in [3.63, 3.8) is 0 Å². The van der Waals surface area contributed by atoms with Crippen LogP contribution >= 0.6 is 15.9 Å². The van der Waals surface area contributed by atoms with Crippen molar-refractivity contribution < 1.29 is 9.47 Å². The lowest BCUT2D eigenvalue weighted by molar-refractivity contribution is 0.172. The normalized spacial score (nSPS) is 18.4. The second kappa shape index (κ2) is 7.22. The fraction of sp³-hybridized carbons (Fsp3) is 0.421. The third-order valence-electron chi connectivity index (χ3n) is 4.96. The molecule has 2 aliphatic heterocycles. The number of anilines is 1. The molecule has 132 valence electrons. The second-order valence-corrected chi connectivity index (χ2v) is 7.31. The maximum Gasteiger partial charge on any atom is 0.231 e. The summed E-state index contributed by atoms with van der Waals surface area (Å²) >= 11 is 3.45. The fourth-order valence-corrected chi connectivity index (χ4v) is 3.88. The van der Waals surface area contributed by atoms with Gasteiger partial charge in [-0.15, -0.1) is 0 Å². The molecule has 0 N–H and O–H groups in total. The molecule has 1 aromatic heterocycles. The van der Waals surface area contributed by atoms with Gasteiger partial charge < -0.3 is 14.4 Å². The van der Waals surface area contributed by atoms with E-state index in [9.17, 15) is 0 Å². The van der Waals surface area contributed by atoms with Crippen LogP contribution in [0.25, 0.3) is 0 Å². The number of pyridine rings is 1. The van der Waals surface area contributed by atoms with Gasteiger partial charge in [-0.1, -0.05) is 13.0 Å². The van der Waals surface area contributed by atoms with Crippen LogP contribution in [0.15, 0.2) is 41.0 Å². The number of ether oxygens (including phenoxy) is 2. The minimum absolute atomic E-state index is 0.328. The van der Waals surface area contributed by atoms with Crippen molar-refractivity contribution in [3.05, 3.63) is 46.6 Å². The molecule has 1 aromatic carbocycles. The Kier molecular flexibility index (Phi) is 4.81. The zero-order valence-corrected chi connectivity index (χ0v) is 15.9. The Balaban J connectivity index is 1.44. The molecule has 1 saturated heterocycles. The van der Waals surface area contributed by atoms with Crippen LogP contribution in [0.3, 0.4) is 0 Å². The summed E-state index contributed by atoms with van der Waals surface area (Å²) in [6, 6.07) is 10.9. The first-order valence-electron chi connectivity index (χ1n) is 8.74. The monoisotopic (exact) mass is 403 g/mol. The zero-order valence-electron chi connectivity index (χ0n) is 14.3. The molecular formula is C19H22BrN3O2. The first-order valence-corrected chi connectivity index (χ1v) is 9.54. The summed E-state index contributed by atoms with van der Waals surface area (Å²) in [6.07, 6.45) is 2.94. The number of aromatic nitrogens is 1. The number of nitrogens with zero attached hydrogens (tertiary/aromatic N) is 3. The summed E-state index contributed by atoms with van der Waals surface area (Å²) < 4.78 is 12.0. The smallest absolute Gasteiger partial charge is 0.231 e. The number of rotatable bonds is 4. The van der Waals surface area contributed by atoms with E-state index in [4.69, 9.17) is 9.47 Å². The molecule has 3 heterocycles. The highest BCUT2D eigenvalue weighted by Gasteiger charge is 2.26. The van der Waals surface area contributed by atoms with Gasteiger partial charge in [-0.3, -0.25) is 4.90 Å². The number of piperazine rings is 1. The maximum absolute atomic E-state index is 5.54. The molecule has 25 heavy (non-hydrogen) atoms. The van der Waals surface area contributed by atoms with Crippen molar-refractivity contribution in [2.24, 2.45) is 0 Å². The number of hydrogen-bond donors (Lipinski definition) is 0. The lowest BCUT2D eigenvalue weighted by Gasteiger charge is -2.39. The van der Waals surface area contributed by atoms with Crippen LogP contribution < -0.4 is 14.4 Å². The molecule has 0 spiro atoms. The lowest BCUT2D eigenvalue weighted by atomic mass is 10.0. The zero-order chi connectivity index (χ0) is 17.2. The second-order valence-electron chi connectivity index (χ2n) is 6.39. The number of benzene rings is 1. The van der Waals surface area contributed by atoms with Gasteiger partial charge in [-0.25, -0.2) is 4.98 Å². The molecule has 0 saturated carbocycles. The first kappa shape index (κ1) is 16.7. The molecule has 0 radical (unpaired) electrons. The number of fused-ring (bicyclic) bond motifs is 1. The lowest BCUT2D eigenvalue weighted by Crippen LogP contribution is -2.47. The molecule has 1 atom stereocenters. The van der Waals surface area contributed by atoms with Gasteiger partial charge in [0.05, 0.1) is 0 Å². The molecule has 0 amide bonds. The molecule has 6 heteroatoms. The molecule has 2 aliphatic rings. The van der Waals surface area contributed by atoms with E-state index < -0.39 is 0 Å². The molecule has 0 bridgehead atoms.